The highest BCUT2D eigenvalue weighted by atomic mass is 35.5. The zero-order valence-electron chi connectivity index (χ0n) is 14.3. The Balaban J connectivity index is 1.96. The van der Waals surface area contributed by atoms with Crippen molar-refractivity contribution in [2.45, 2.75) is 38.1 Å². The summed E-state index contributed by atoms with van der Waals surface area (Å²) < 4.78 is 4.98. The van der Waals surface area contributed by atoms with Gasteiger partial charge in [0.15, 0.2) is 0 Å². The molecule has 1 aliphatic heterocycles. The van der Waals surface area contributed by atoms with Crippen molar-refractivity contribution in [3.8, 4) is 0 Å². The van der Waals surface area contributed by atoms with Gasteiger partial charge in [-0.2, -0.15) is 0 Å². The van der Waals surface area contributed by atoms with E-state index in [1.165, 1.54) is 0 Å². The third-order valence-corrected chi connectivity index (χ3v) is 4.81. The number of amides is 2. The first-order valence-corrected chi connectivity index (χ1v) is 8.67. The van der Waals surface area contributed by atoms with Crippen LogP contribution in [-0.2, 0) is 20.7 Å². The number of hydrogen-bond donors (Lipinski definition) is 1. The number of benzene rings is 1. The van der Waals surface area contributed by atoms with E-state index in [9.17, 15) is 9.59 Å². The molecule has 2 amide bonds. The van der Waals surface area contributed by atoms with Gasteiger partial charge in [-0.1, -0.05) is 23.7 Å². The topological polar surface area (TPSA) is 58.6 Å². The Labute approximate surface area is 148 Å². The Morgan fingerprint density at radius 1 is 1.38 bits per heavy atom. The van der Waals surface area contributed by atoms with Crippen molar-refractivity contribution < 1.29 is 14.3 Å². The first-order chi connectivity index (χ1) is 11.5. The SMILES string of the molecule is COCCCNC(=O)[C@@]1(C)CCC(=O)N1CCc1ccc(Cl)cc1. The highest BCUT2D eigenvalue weighted by Crippen LogP contribution is 2.30. The number of carbonyl (C=O) groups excluding carboxylic acids is 2. The standard InChI is InChI=1S/C18H25ClN2O3/c1-18(17(23)20-11-3-13-24-2)10-8-16(22)21(18)12-9-14-4-6-15(19)7-5-14/h4-7H,3,8-13H2,1-2H3,(H,20,23)/t18-/m1/s1. The number of hydrogen-bond acceptors (Lipinski definition) is 3. The van der Waals surface area contributed by atoms with Crippen molar-refractivity contribution in [2.75, 3.05) is 26.8 Å². The lowest BCUT2D eigenvalue weighted by Gasteiger charge is -2.34. The van der Waals surface area contributed by atoms with Gasteiger partial charge in [0, 0.05) is 38.2 Å². The van der Waals surface area contributed by atoms with Crippen LogP contribution >= 0.6 is 11.6 Å². The van der Waals surface area contributed by atoms with E-state index in [0.29, 0.717) is 44.0 Å². The Morgan fingerprint density at radius 2 is 2.08 bits per heavy atom. The van der Waals surface area contributed by atoms with Crippen molar-refractivity contribution in [2.24, 2.45) is 0 Å². The maximum absolute atomic E-state index is 12.6. The molecule has 0 saturated carbocycles. The molecule has 24 heavy (non-hydrogen) atoms. The number of likely N-dealkylation sites (tertiary alicyclic amines) is 1. The summed E-state index contributed by atoms with van der Waals surface area (Å²) in [6.07, 6.45) is 2.44. The summed E-state index contributed by atoms with van der Waals surface area (Å²) in [5.41, 5.74) is 0.332. The van der Waals surface area contributed by atoms with Crippen molar-refractivity contribution in [3.63, 3.8) is 0 Å². The Bertz CT molecular complexity index is 576. The molecule has 1 saturated heterocycles. The van der Waals surface area contributed by atoms with Crippen molar-refractivity contribution in [1.29, 1.82) is 0 Å². The van der Waals surface area contributed by atoms with Crippen LogP contribution < -0.4 is 5.32 Å². The smallest absolute Gasteiger partial charge is 0.245 e. The van der Waals surface area contributed by atoms with E-state index < -0.39 is 5.54 Å². The highest BCUT2D eigenvalue weighted by Gasteiger charge is 2.46. The zero-order chi connectivity index (χ0) is 17.6. The summed E-state index contributed by atoms with van der Waals surface area (Å²) in [4.78, 5) is 26.5. The van der Waals surface area contributed by atoms with E-state index in [2.05, 4.69) is 5.32 Å². The molecule has 5 nitrogen and oxygen atoms in total. The van der Waals surface area contributed by atoms with Gasteiger partial charge in [0.25, 0.3) is 0 Å². The molecule has 1 atom stereocenters. The Hall–Kier alpha value is -1.59. The van der Waals surface area contributed by atoms with Crippen LogP contribution in [0.2, 0.25) is 5.02 Å². The number of nitrogens with zero attached hydrogens (tertiary/aromatic N) is 1. The molecule has 0 bridgehead atoms. The number of carbonyl (C=O) groups is 2. The molecule has 1 aromatic carbocycles. The number of nitrogens with one attached hydrogen (secondary N) is 1. The molecule has 2 rings (SSSR count). The molecule has 132 valence electrons. The van der Waals surface area contributed by atoms with E-state index in [4.69, 9.17) is 16.3 Å². The molecule has 1 heterocycles. The van der Waals surface area contributed by atoms with Gasteiger partial charge < -0.3 is 15.0 Å². The fourth-order valence-corrected chi connectivity index (χ4v) is 3.13. The minimum absolute atomic E-state index is 0.0403. The first kappa shape index (κ1) is 18.7. The largest absolute Gasteiger partial charge is 0.385 e. The van der Waals surface area contributed by atoms with Crippen molar-refractivity contribution in [1.82, 2.24) is 10.2 Å². The molecule has 0 aliphatic carbocycles. The Morgan fingerprint density at radius 3 is 2.75 bits per heavy atom. The average Bonchev–Trinajstić information content (AvgIpc) is 2.87. The number of methoxy groups -OCH3 is 1. The molecular formula is C18H25ClN2O3. The minimum atomic E-state index is -0.767. The number of halogens is 1. The minimum Gasteiger partial charge on any atom is -0.385 e. The van der Waals surface area contributed by atoms with Crippen LogP contribution in [0.1, 0.15) is 31.7 Å². The molecule has 1 aliphatic rings. The highest BCUT2D eigenvalue weighted by molar-refractivity contribution is 6.30. The van der Waals surface area contributed by atoms with Gasteiger partial charge in [-0.3, -0.25) is 9.59 Å². The van der Waals surface area contributed by atoms with Gasteiger partial charge >= 0.3 is 0 Å². The molecule has 0 unspecified atom stereocenters. The van der Waals surface area contributed by atoms with Crippen LogP contribution in [0.4, 0.5) is 0 Å². The number of ether oxygens (including phenoxy) is 1. The summed E-state index contributed by atoms with van der Waals surface area (Å²) in [6.45, 7) is 3.55. The van der Waals surface area contributed by atoms with Crippen LogP contribution in [0.5, 0.6) is 0 Å². The van der Waals surface area contributed by atoms with Gasteiger partial charge in [0.1, 0.15) is 5.54 Å². The average molecular weight is 353 g/mol. The monoisotopic (exact) mass is 352 g/mol. The van der Waals surface area contributed by atoms with Crippen molar-refractivity contribution >= 4 is 23.4 Å². The summed E-state index contributed by atoms with van der Waals surface area (Å²) >= 11 is 5.89. The van der Waals surface area contributed by atoms with Crippen LogP contribution in [0.15, 0.2) is 24.3 Å². The fraction of sp³-hybridized carbons (Fsp3) is 0.556. The zero-order valence-corrected chi connectivity index (χ0v) is 15.1. The lowest BCUT2D eigenvalue weighted by molar-refractivity contribution is -0.140. The normalized spacial score (nSPS) is 20.5. The van der Waals surface area contributed by atoms with E-state index in [-0.39, 0.29) is 11.8 Å². The van der Waals surface area contributed by atoms with E-state index in [0.717, 1.165) is 12.0 Å². The second-order valence-electron chi connectivity index (χ2n) is 6.30. The van der Waals surface area contributed by atoms with E-state index in [1.807, 2.05) is 31.2 Å². The molecule has 1 N–H and O–H groups in total. The predicted octanol–water partition coefficient (Wildman–Crippen LogP) is 2.42. The summed E-state index contributed by atoms with van der Waals surface area (Å²) in [5, 5.41) is 3.62. The van der Waals surface area contributed by atoms with Crippen LogP contribution in [0, 0.1) is 0 Å². The van der Waals surface area contributed by atoms with Gasteiger partial charge in [-0.05, 0) is 43.9 Å². The summed E-state index contributed by atoms with van der Waals surface area (Å²) in [5.74, 6) is -0.0425. The third kappa shape index (κ3) is 4.48. The molecule has 0 aromatic heterocycles. The molecule has 0 spiro atoms. The van der Waals surface area contributed by atoms with Crippen LogP contribution in [0.3, 0.4) is 0 Å². The lowest BCUT2D eigenvalue weighted by Crippen LogP contribution is -2.55. The molecule has 6 heteroatoms. The van der Waals surface area contributed by atoms with Crippen LogP contribution in [0.25, 0.3) is 0 Å². The van der Waals surface area contributed by atoms with E-state index >= 15 is 0 Å². The van der Waals surface area contributed by atoms with Gasteiger partial charge in [0.05, 0.1) is 0 Å². The van der Waals surface area contributed by atoms with E-state index in [1.54, 1.807) is 12.0 Å². The maximum Gasteiger partial charge on any atom is 0.245 e. The molecule has 0 radical (unpaired) electrons. The van der Waals surface area contributed by atoms with Crippen molar-refractivity contribution in [3.05, 3.63) is 34.9 Å². The first-order valence-electron chi connectivity index (χ1n) is 8.29. The second kappa shape index (κ2) is 8.49. The second-order valence-corrected chi connectivity index (χ2v) is 6.73. The predicted molar refractivity (Wildman–Crippen MR) is 94.0 cm³/mol. The van der Waals surface area contributed by atoms with Crippen LogP contribution in [-0.4, -0.2) is 49.1 Å². The maximum atomic E-state index is 12.6. The lowest BCUT2D eigenvalue weighted by atomic mass is 9.97. The third-order valence-electron chi connectivity index (χ3n) is 4.56. The number of rotatable bonds is 8. The summed E-state index contributed by atoms with van der Waals surface area (Å²) in [6, 6.07) is 7.57. The Kier molecular flexibility index (Phi) is 6.63. The molecule has 1 fully saturated rings. The molecular weight excluding hydrogens is 328 g/mol. The molecule has 1 aromatic rings. The van der Waals surface area contributed by atoms with Gasteiger partial charge in [-0.15, -0.1) is 0 Å². The quantitative estimate of drug-likeness (QED) is 0.731. The summed E-state index contributed by atoms with van der Waals surface area (Å²) in [7, 11) is 1.64. The van der Waals surface area contributed by atoms with Gasteiger partial charge in [-0.25, -0.2) is 0 Å². The fourth-order valence-electron chi connectivity index (χ4n) is 3.00. The van der Waals surface area contributed by atoms with Gasteiger partial charge in [0.2, 0.25) is 11.8 Å².